The Kier molecular flexibility index (Phi) is 5.53. The van der Waals surface area contributed by atoms with Gasteiger partial charge in [0.25, 0.3) is 5.91 Å². The Morgan fingerprint density at radius 1 is 1.12 bits per heavy atom. The van der Waals surface area contributed by atoms with Crippen molar-refractivity contribution in [2.45, 2.75) is 57.2 Å². The number of benzene rings is 1. The summed E-state index contributed by atoms with van der Waals surface area (Å²) in [4.78, 5) is 24.5. The number of ether oxygens (including phenoxy) is 1. The molecule has 3 rings (SSSR count). The number of hydrogen-bond donors (Lipinski definition) is 1. The molecule has 0 spiro atoms. The summed E-state index contributed by atoms with van der Waals surface area (Å²) in [5, 5.41) is 20.9. The number of piperidine rings is 1. The van der Waals surface area contributed by atoms with E-state index in [0.29, 0.717) is 19.2 Å². The molecule has 25 heavy (non-hydrogen) atoms. The molecule has 136 valence electrons. The number of nitrogens with zero attached hydrogens (tertiary/aromatic N) is 2. The maximum Gasteiger partial charge on any atom is 0.311 e. The van der Waals surface area contributed by atoms with Gasteiger partial charge in [0.1, 0.15) is 0 Å². The molecule has 1 aliphatic carbocycles. The number of nitro benzene ring substituents is 1. The van der Waals surface area contributed by atoms with Crippen molar-refractivity contribution in [2.75, 3.05) is 13.1 Å². The number of phenolic OH excluding ortho intramolecular Hbond substituents is 1. The zero-order valence-electron chi connectivity index (χ0n) is 14.2. The first kappa shape index (κ1) is 17.7. The zero-order chi connectivity index (χ0) is 17.8. The van der Waals surface area contributed by atoms with Crippen LogP contribution in [-0.2, 0) is 4.74 Å². The number of aromatic hydroxyl groups is 1. The number of nitro groups is 1. The molecular weight excluding hydrogens is 324 g/mol. The van der Waals surface area contributed by atoms with Gasteiger partial charge in [0.05, 0.1) is 22.7 Å². The first-order valence-electron chi connectivity index (χ1n) is 8.97. The Morgan fingerprint density at radius 3 is 2.40 bits per heavy atom. The predicted octanol–water partition coefficient (Wildman–Crippen LogP) is 3.25. The van der Waals surface area contributed by atoms with Crippen LogP contribution < -0.4 is 0 Å². The fraction of sp³-hybridized carbons (Fsp3) is 0.611. The summed E-state index contributed by atoms with van der Waals surface area (Å²) in [6.07, 6.45) is 8.05. The van der Waals surface area contributed by atoms with E-state index in [1.807, 2.05) is 0 Å². The normalized spacial score (nSPS) is 19.8. The fourth-order valence-corrected chi connectivity index (χ4v) is 3.69. The molecule has 0 aromatic heterocycles. The van der Waals surface area contributed by atoms with Crippen LogP contribution in [0.1, 0.15) is 55.3 Å². The molecule has 2 aliphatic rings. The number of para-hydroxylation sites is 1. The van der Waals surface area contributed by atoms with E-state index in [9.17, 15) is 20.0 Å². The molecule has 0 unspecified atom stereocenters. The van der Waals surface area contributed by atoms with E-state index < -0.39 is 16.4 Å². The summed E-state index contributed by atoms with van der Waals surface area (Å²) in [7, 11) is 0. The highest BCUT2D eigenvalue weighted by Gasteiger charge is 2.29. The third-order valence-corrected chi connectivity index (χ3v) is 5.11. The largest absolute Gasteiger partial charge is 0.502 e. The first-order valence-corrected chi connectivity index (χ1v) is 8.97. The van der Waals surface area contributed by atoms with Crippen LogP contribution in [0.5, 0.6) is 5.75 Å². The van der Waals surface area contributed by atoms with E-state index in [1.54, 1.807) is 4.90 Å². The summed E-state index contributed by atoms with van der Waals surface area (Å²) in [6, 6.07) is 4.04. The first-order chi connectivity index (χ1) is 12.1. The molecule has 1 saturated heterocycles. The van der Waals surface area contributed by atoms with Crippen molar-refractivity contribution in [1.29, 1.82) is 0 Å². The molecule has 2 fully saturated rings. The third kappa shape index (κ3) is 4.10. The van der Waals surface area contributed by atoms with Gasteiger partial charge in [-0.3, -0.25) is 14.9 Å². The van der Waals surface area contributed by atoms with Crippen molar-refractivity contribution in [3.05, 3.63) is 33.9 Å². The van der Waals surface area contributed by atoms with Crippen molar-refractivity contribution >= 4 is 11.6 Å². The number of likely N-dealkylation sites (tertiary alicyclic amines) is 1. The molecule has 7 heteroatoms. The van der Waals surface area contributed by atoms with Crippen LogP contribution in [0.25, 0.3) is 0 Å². The van der Waals surface area contributed by atoms with Gasteiger partial charge in [0.15, 0.2) is 0 Å². The van der Waals surface area contributed by atoms with Gasteiger partial charge in [-0.1, -0.05) is 25.3 Å². The van der Waals surface area contributed by atoms with Gasteiger partial charge in [0, 0.05) is 19.2 Å². The SMILES string of the molecule is O=C(c1cccc([N+](=O)[O-])c1O)N1CCC(OC2CCCCC2)CC1. The standard InChI is InChI=1S/C18H24N2O5/c21-17-15(7-4-8-16(17)20(23)24)18(22)19-11-9-14(10-12-19)25-13-5-2-1-3-6-13/h4,7-8,13-14,21H,1-3,5-6,9-12H2. The fourth-order valence-electron chi connectivity index (χ4n) is 3.69. The van der Waals surface area contributed by atoms with Crippen LogP contribution in [0, 0.1) is 10.1 Å². The summed E-state index contributed by atoms with van der Waals surface area (Å²) in [5.41, 5.74) is -0.456. The van der Waals surface area contributed by atoms with Crippen molar-refractivity contribution in [3.63, 3.8) is 0 Å². The molecule has 7 nitrogen and oxygen atoms in total. The van der Waals surface area contributed by atoms with Crippen LogP contribution in [0.2, 0.25) is 0 Å². The number of hydrogen-bond acceptors (Lipinski definition) is 5. The maximum absolute atomic E-state index is 12.6. The van der Waals surface area contributed by atoms with Crippen LogP contribution in [-0.4, -0.2) is 46.1 Å². The van der Waals surface area contributed by atoms with Gasteiger partial charge in [-0.15, -0.1) is 0 Å². The smallest absolute Gasteiger partial charge is 0.311 e. The van der Waals surface area contributed by atoms with Gasteiger partial charge >= 0.3 is 5.69 Å². The molecule has 1 aliphatic heterocycles. The quantitative estimate of drug-likeness (QED) is 0.666. The van der Waals surface area contributed by atoms with Gasteiger partial charge in [-0.05, 0) is 31.7 Å². The monoisotopic (exact) mass is 348 g/mol. The lowest BCUT2D eigenvalue weighted by molar-refractivity contribution is -0.385. The molecule has 0 bridgehead atoms. The van der Waals surface area contributed by atoms with E-state index >= 15 is 0 Å². The number of amides is 1. The Labute approximate surface area is 146 Å². The Hall–Kier alpha value is -2.15. The minimum atomic E-state index is -0.684. The number of phenols is 1. The van der Waals surface area contributed by atoms with Crippen LogP contribution in [0.4, 0.5) is 5.69 Å². The minimum absolute atomic E-state index is 0.0131. The molecule has 1 aromatic rings. The average Bonchev–Trinajstić information content (AvgIpc) is 2.62. The Bertz CT molecular complexity index is 634. The molecular formula is C18H24N2O5. The molecule has 0 radical (unpaired) electrons. The number of carbonyl (C=O) groups excluding carboxylic acids is 1. The Balaban J connectivity index is 1.58. The van der Waals surface area contributed by atoms with E-state index in [4.69, 9.17) is 4.74 Å². The van der Waals surface area contributed by atoms with Crippen LogP contribution >= 0.6 is 0 Å². The van der Waals surface area contributed by atoms with Crippen molar-refractivity contribution in [2.24, 2.45) is 0 Å². The second-order valence-electron chi connectivity index (χ2n) is 6.82. The van der Waals surface area contributed by atoms with E-state index in [1.165, 1.54) is 37.5 Å². The lowest BCUT2D eigenvalue weighted by Gasteiger charge is -2.35. The highest BCUT2D eigenvalue weighted by Crippen LogP contribution is 2.31. The van der Waals surface area contributed by atoms with Gasteiger partial charge < -0.3 is 14.7 Å². The predicted molar refractivity (Wildman–Crippen MR) is 91.6 cm³/mol. The Morgan fingerprint density at radius 2 is 1.76 bits per heavy atom. The number of rotatable bonds is 4. The summed E-state index contributed by atoms with van der Waals surface area (Å²) >= 11 is 0. The summed E-state index contributed by atoms with van der Waals surface area (Å²) < 4.78 is 6.16. The van der Waals surface area contributed by atoms with Crippen molar-refractivity contribution in [1.82, 2.24) is 4.90 Å². The second kappa shape index (κ2) is 7.82. The lowest BCUT2D eigenvalue weighted by atomic mass is 9.97. The maximum atomic E-state index is 12.6. The van der Waals surface area contributed by atoms with Crippen molar-refractivity contribution < 1.29 is 19.6 Å². The topological polar surface area (TPSA) is 92.9 Å². The van der Waals surface area contributed by atoms with Gasteiger partial charge in [-0.2, -0.15) is 0 Å². The molecule has 1 aromatic carbocycles. The van der Waals surface area contributed by atoms with E-state index in [0.717, 1.165) is 25.7 Å². The summed E-state index contributed by atoms with van der Waals surface area (Å²) in [6.45, 7) is 1.08. The van der Waals surface area contributed by atoms with Crippen LogP contribution in [0.3, 0.4) is 0 Å². The second-order valence-corrected chi connectivity index (χ2v) is 6.82. The summed E-state index contributed by atoms with van der Waals surface area (Å²) in [5.74, 6) is -0.921. The molecule has 1 N–H and O–H groups in total. The van der Waals surface area contributed by atoms with Crippen molar-refractivity contribution in [3.8, 4) is 5.75 Å². The van der Waals surface area contributed by atoms with E-state index in [2.05, 4.69) is 0 Å². The minimum Gasteiger partial charge on any atom is -0.502 e. The van der Waals surface area contributed by atoms with Gasteiger partial charge in [0.2, 0.25) is 5.75 Å². The van der Waals surface area contributed by atoms with Crippen LogP contribution in [0.15, 0.2) is 18.2 Å². The highest BCUT2D eigenvalue weighted by atomic mass is 16.6. The molecule has 1 saturated carbocycles. The molecule has 0 atom stereocenters. The van der Waals surface area contributed by atoms with Gasteiger partial charge in [-0.25, -0.2) is 0 Å². The lowest BCUT2D eigenvalue weighted by Crippen LogP contribution is -2.42. The zero-order valence-corrected chi connectivity index (χ0v) is 14.2. The number of carbonyl (C=O) groups is 1. The van der Waals surface area contributed by atoms with E-state index in [-0.39, 0.29) is 17.6 Å². The highest BCUT2D eigenvalue weighted by molar-refractivity contribution is 5.98. The molecule has 1 heterocycles. The average molecular weight is 348 g/mol. The third-order valence-electron chi connectivity index (χ3n) is 5.11. The molecule has 1 amide bonds.